The molecule has 1 aliphatic rings. The van der Waals surface area contributed by atoms with Gasteiger partial charge in [-0.25, -0.2) is 0 Å². The van der Waals surface area contributed by atoms with E-state index in [0.717, 1.165) is 12.1 Å². The fourth-order valence-corrected chi connectivity index (χ4v) is 2.92. The highest BCUT2D eigenvalue weighted by Gasteiger charge is 2.13. The quantitative estimate of drug-likeness (QED) is 0.825. The summed E-state index contributed by atoms with van der Waals surface area (Å²) in [7, 11) is 0. The Labute approximate surface area is 95.1 Å². The lowest BCUT2D eigenvalue weighted by atomic mass is 10.1. The van der Waals surface area contributed by atoms with Gasteiger partial charge in [-0.1, -0.05) is 18.2 Å². The summed E-state index contributed by atoms with van der Waals surface area (Å²) in [6, 6.07) is 8.17. The Bertz CT molecular complexity index is 310. The molecule has 1 saturated heterocycles. The maximum atomic E-state index is 9.60. The van der Waals surface area contributed by atoms with Gasteiger partial charge >= 0.3 is 0 Å². The molecule has 0 aliphatic carbocycles. The Balaban J connectivity index is 1.84. The van der Waals surface area contributed by atoms with E-state index < -0.39 is 0 Å². The summed E-state index contributed by atoms with van der Waals surface area (Å²) in [6.45, 7) is 0.780. The van der Waals surface area contributed by atoms with Gasteiger partial charge in [0.05, 0.1) is 0 Å². The third-order valence-corrected chi connectivity index (χ3v) is 3.84. The van der Waals surface area contributed by atoms with E-state index in [-0.39, 0.29) is 0 Å². The molecule has 0 aromatic heterocycles. The Morgan fingerprint density at radius 1 is 1.27 bits per heavy atom. The number of phenolic OH excluding ortho intramolecular Hbond substituents is 1. The average molecular weight is 223 g/mol. The molecule has 82 valence electrons. The van der Waals surface area contributed by atoms with E-state index in [4.69, 9.17) is 0 Å². The van der Waals surface area contributed by atoms with Crippen LogP contribution in [-0.2, 0) is 6.54 Å². The van der Waals surface area contributed by atoms with Gasteiger partial charge in [-0.2, -0.15) is 11.8 Å². The van der Waals surface area contributed by atoms with Crippen molar-refractivity contribution in [1.82, 2.24) is 5.32 Å². The molecule has 1 aromatic carbocycles. The van der Waals surface area contributed by atoms with Gasteiger partial charge in [0.25, 0.3) is 0 Å². The highest BCUT2D eigenvalue weighted by atomic mass is 32.2. The summed E-state index contributed by atoms with van der Waals surface area (Å²) < 4.78 is 0. The van der Waals surface area contributed by atoms with E-state index in [2.05, 4.69) is 5.32 Å². The smallest absolute Gasteiger partial charge is 0.120 e. The molecule has 1 aromatic rings. The number of para-hydroxylation sites is 1. The van der Waals surface area contributed by atoms with E-state index in [9.17, 15) is 5.11 Å². The number of thioether (sulfide) groups is 1. The van der Waals surface area contributed by atoms with Gasteiger partial charge in [-0.3, -0.25) is 0 Å². The van der Waals surface area contributed by atoms with Crippen molar-refractivity contribution in [2.24, 2.45) is 0 Å². The second kappa shape index (κ2) is 5.42. The van der Waals surface area contributed by atoms with Crippen LogP contribution in [0.15, 0.2) is 24.3 Å². The minimum Gasteiger partial charge on any atom is -0.508 e. The van der Waals surface area contributed by atoms with Gasteiger partial charge in [0.2, 0.25) is 0 Å². The van der Waals surface area contributed by atoms with Crippen molar-refractivity contribution in [3.05, 3.63) is 29.8 Å². The van der Waals surface area contributed by atoms with Crippen molar-refractivity contribution in [3.63, 3.8) is 0 Å². The summed E-state index contributed by atoms with van der Waals surface area (Å²) in [5.74, 6) is 2.92. The first-order chi connectivity index (χ1) is 7.36. The molecule has 1 fully saturated rings. The maximum absolute atomic E-state index is 9.60. The van der Waals surface area contributed by atoms with Gasteiger partial charge in [-0.15, -0.1) is 0 Å². The topological polar surface area (TPSA) is 32.3 Å². The van der Waals surface area contributed by atoms with Crippen molar-refractivity contribution < 1.29 is 5.11 Å². The van der Waals surface area contributed by atoms with E-state index in [1.807, 2.05) is 30.0 Å². The van der Waals surface area contributed by atoms with Crippen LogP contribution >= 0.6 is 11.8 Å². The molecule has 3 heteroatoms. The molecule has 2 N–H and O–H groups in total. The Hall–Kier alpha value is -0.670. The molecular formula is C12H17NOS. The zero-order valence-electron chi connectivity index (χ0n) is 8.78. The van der Waals surface area contributed by atoms with Crippen LogP contribution in [0.1, 0.15) is 18.4 Å². The highest BCUT2D eigenvalue weighted by Crippen LogP contribution is 2.19. The largest absolute Gasteiger partial charge is 0.508 e. The molecule has 0 amide bonds. The molecule has 0 atom stereocenters. The number of nitrogens with one attached hydrogen (secondary N) is 1. The third-order valence-electron chi connectivity index (χ3n) is 2.79. The average Bonchev–Trinajstić information content (AvgIpc) is 2.29. The zero-order chi connectivity index (χ0) is 10.5. The van der Waals surface area contributed by atoms with Crippen molar-refractivity contribution in [1.29, 1.82) is 0 Å². The van der Waals surface area contributed by atoms with Crippen LogP contribution in [0.2, 0.25) is 0 Å². The molecule has 0 bridgehead atoms. The Kier molecular flexibility index (Phi) is 3.92. The van der Waals surface area contributed by atoms with Gasteiger partial charge in [0.1, 0.15) is 5.75 Å². The molecule has 1 heterocycles. The molecule has 1 aliphatic heterocycles. The lowest BCUT2D eigenvalue weighted by Crippen LogP contribution is -2.32. The normalized spacial score (nSPS) is 17.9. The number of phenols is 1. The van der Waals surface area contributed by atoms with Crippen LogP contribution in [0, 0.1) is 0 Å². The lowest BCUT2D eigenvalue weighted by molar-refractivity contribution is 0.447. The second-order valence-electron chi connectivity index (χ2n) is 3.90. The number of rotatable bonds is 3. The number of benzene rings is 1. The zero-order valence-corrected chi connectivity index (χ0v) is 9.59. The first-order valence-corrected chi connectivity index (χ1v) is 6.60. The van der Waals surface area contributed by atoms with Crippen LogP contribution in [0.5, 0.6) is 5.75 Å². The van der Waals surface area contributed by atoms with Gasteiger partial charge in [0.15, 0.2) is 0 Å². The van der Waals surface area contributed by atoms with Crippen LogP contribution in [0.25, 0.3) is 0 Å². The Morgan fingerprint density at radius 3 is 2.73 bits per heavy atom. The first kappa shape index (κ1) is 10.8. The number of aromatic hydroxyl groups is 1. The predicted octanol–water partition coefficient (Wildman–Crippen LogP) is 2.38. The minimum absolute atomic E-state index is 0.398. The summed E-state index contributed by atoms with van der Waals surface area (Å²) in [6.07, 6.45) is 2.50. The number of hydrogen-bond donors (Lipinski definition) is 2. The molecule has 15 heavy (non-hydrogen) atoms. The predicted molar refractivity (Wildman–Crippen MR) is 65.3 cm³/mol. The highest BCUT2D eigenvalue weighted by molar-refractivity contribution is 7.99. The molecule has 0 saturated carbocycles. The van der Waals surface area contributed by atoms with Crippen molar-refractivity contribution in [2.45, 2.75) is 25.4 Å². The van der Waals surface area contributed by atoms with Crippen LogP contribution in [-0.4, -0.2) is 22.7 Å². The number of hydrogen-bond acceptors (Lipinski definition) is 3. The summed E-state index contributed by atoms with van der Waals surface area (Å²) in [5.41, 5.74) is 0.996. The lowest BCUT2D eigenvalue weighted by Gasteiger charge is -2.22. The van der Waals surface area contributed by atoms with E-state index in [0.29, 0.717) is 11.8 Å². The van der Waals surface area contributed by atoms with Gasteiger partial charge in [0, 0.05) is 18.2 Å². The van der Waals surface area contributed by atoms with Crippen molar-refractivity contribution in [2.75, 3.05) is 11.5 Å². The van der Waals surface area contributed by atoms with E-state index in [1.165, 1.54) is 24.3 Å². The summed E-state index contributed by atoms with van der Waals surface area (Å²) in [5, 5.41) is 13.1. The Morgan fingerprint density at radius 2 is 2.00 bits per heavy atom. The summed E-state index contributed by atoms with van der Waals surface area (Å²) in [4.78, 5) is 0. The SMILES string of the molecule is Oc1ccccc1CNC1CCSCC1. The molecule has 2 nitrogen and oxygen atoms in total. The van der Waals surface area contributed by atoms with Crippen LogP contribution in [0.4, 0.5) is 0 Å². The van der Waals surface area contributed by atoms with Gasteiger partial charge in [-0.05, 0) is 30.4 Å². The van der Waals surface area contributed by atoms with Crippen LogP contribution in [0.3, 0.4) is 0 Å². The molecule has 0 radical (unpaired) electrons. The molecule has 0 spiro atoms. The maximum Gasteiger partial charge on any atom is 0.120 e. The monoisotopic (exact) mass is 223 g/mol. The fourth-order valence-electron chi connectivity index (χ4n) is 1.82. The van der Waals surface area contributed by atoms with Gasteiger partial charge < -0.3 is 10.4 Å². The molecule has 2 rings (SSSR count). The first-order valence-electron chi connectivity index (χ1n) is 5.44. The molecular weight excluding hydrogens is 206 g/mol. The minimum atomic E-state index is 0.398. The molecule has 0 unspecified atom stereocenters. The fraction of sp³-hybridized carbons (Fsp3) is 0.500. The van der Waals surface area contributed by atoms with E-state index >= 15 is 0 Å². The van der Waals surface area contributed by atoms with E-state index in [1.54, 1.807) is 6.07 Å². The van der Waals surface area contributed by atoms with Crippen molar-refractivity contribution in [3.8, 4) is 5.75 Å². The summed E-state index contributed by atoms with van der Waals surface area (Å²) >= 11 is 2.03. The van der Waals surface area contributed by atoms with Crippen LogP contribution < -0.4 is 5.32 Å². The third kappa shape index (κ3) is 3.14. The standard InChI is InChI=1S/C12H17NOS/c14-12-4-2-1-3-10(12)9-13-11-5-7-15-8-6-11/h1-4,11,13-14H,5-9H2. The van der Waals surface area contributed by atoms with Crippen molar-refractivity contribution >= 4 is 11.8 Å². The second-order valence-corrected chi connectivity index (χ2v) is 5.12.